The lowest BCUT2D eigenvalue weighted by atomic mass is 10.0. The summed E-state index contributed by atoms with van der Waals surface area (Å²) >= 11 is 0. The Morgan fingerprint density at radius 2 is 1.92 bits per heavy atom. The number of anilines is 1. The Balaban J connectivity index is 2.28. The van der Waals surface area contributed by atoms with Crippen molar-refractivity contribution in [2.75, 3.05) is 12.8 Å². The lowest BCUT2D eigenvalue weighted by molar-refractivity contribution is 0.0593. The molecule has 5 nitrogen and oxygen atoms in total. The highest BCUT2D eigenvalue weighted by Gasteiger charge is 2.23. The van der Waals surface area contributed by atoms with Gasteiger partial charge in [-0.3, -0.25) is 0 Å². The average Bonchev–Trinajstić information content (AvgIpc) is 2.99. The zero-order valence-electron chi connectivity index (χ0n) is 13.7. The summed E-state index contributed by atoms with van der Waals surface area (Å²) in [5, 5.41) is 9.22. The number of para-hydroxylation sites is 1. The van der Waals surface area contributed by atoms with Gasteiger partial charge >= 0.3 is 5.97 Å². The molecule has 1 heterocycles. The van der Waals surface area contributed by atoms with Crippen LogP contribution in [0.1, 0.15) is 16.1 Å². The van der Waals surface area contributed by atoms with Gasteiger partial charge in [0.1, 0.15) is 6.07 Å². The van der Waals surface area contributed by atoms with Gasteiger partial charge in [-0.05, 0) is 23.8 Å². The molecule has 2 N–H and O–H groups in total. The minimum absolute atomic E-state index is 0.0144. The van der Waals surface area contributed by atoms with Crippen LogP contribution in [0, 0.1) is 23.0 Å². The molecule has 2 aromatic carbocycles. The van der Waals surface area contributed by atoms with Gasteiger partial charge in [-0.25, -0.2) is 13.6 Å². The fourth-order valence-electron chi connectivity index (χ4n) is 2.70. The Morgan fingerprint density at radius 3 is 2.58 bits per heavy atom. The quantitative estimate of drug-likeness (QED) is 0.729. The fourth-order valence-corrected chi connectivity index (χ4v) is 2.70. The van der Waals surface area contributed by atoms with Crippen LogP contribution in [0.4, 0.5) is 14.5 Å². The Kier molecular flexibility index (Phi) is 4.42. The van der Waals surface area contributed by atoms with Crippen LogP contribution < -0.4 is 5.73 Å². The third kappa shape index (κ3) is 2.78. The highest BCUT2D eigenvalue weighted by molar-refractivity contribution is 5.96. The Bertz CT molecular complexity index is 1050. The average molecular weight is 353 g/mol. The third-order valence-electron chi connectivity index (χ3n) is 3.94. The summed E-state index contributed by atoms with van der Waals surface area (Å²) in [5.41, 5.74) is 7.37. The number of nitrogen functional groups attached to an aromatic ring is 1. The smallest absolute Gasteiger partial charge is 0.357 e. The highest BCUT2D eigenvalue weighted by Crippen LogP contribution is 2.32. The number of rotatable bonds is 3. The molecule has 0 amide bonds. The first-order chi connectivity index (χ1) is 12.5. The molecular formula is C19H13F2N3O2. The number of ether oxygens (including phenoxy) is 1. The van der Waals surface area contributed by atoms with Crippen molar-refractivity contribution >= 4 is 11.7 Å². The molecular weight excluding hydrogens is 340 g/mol. The number of nitrogens with two attached hydrogens (primary N) is 1. The maximum atomic E-state index is 13.7. The van der Waals surface area contributed by atoms with Crippen LogP contribution in [0.15, 0.2) is 48.7 Å². The molecule has 0 spiro atoms. The molecule has 0 aliphatic heterocycles. The number of benzene rings is 2. The van der Waals surface area contributed by atoms with Crippen LogP contribution in [-0.4, -0.2) is 17.6 Å². The second-order valence-electron chi connectivity index (χ2n) is 5.42. The van der Waals surface area contributed by atoms with E-state index in [1.807, 2.05) is 6.07 Å². The number of hydrogen-bond acceptors (Lipinski definition) is 4. The van der Waals surface area contributed by atoms with E-state index in [-0.39, 0.29) is 16.9 Å². The molecule has 0 saturated heterocycles. The second kappa shape index (κ2) is 6.69. The third-order valence-corrected chi connectivity index (χ3v) is 3.94. The Hall–Kier alpha value is -3.66. The Labute approximate surface area is 147 Å². The van der Waals surface area contributed by atoms with E-state index < -0.39 is 17.6 Å². The van der Waals surface area contributed by atoms with Gasteiger partial charge in [0.25, 0.3) is 0 Å². The predicted molar refractivity (Wildman–Crippen MR) is 91.6 cm³/mol. The van der Waals surface area contributed by atoms with Crippen LogP contribution >= 0.6 is 0 Å². The molecule has 3 rings (SSSR count). The normalized spacial score (nSPS) is 10.4. The van der Waals surface area contributed by atoms with E-state index in [4.69, 9.17) is 10.5 Å². The number of halogens is 2. The van der Waals surface area contributed by atoms with Crippen molar-refractivity contribution in [1.82, 2.24) is 4.57 Å². The van der Waals surface area contributed by atoms with E-state index in [2.05, 4.69) is 0 Å². The van der Waals surface area contributed by atoms with E-state index in [9.17, 15) is 18.8 Å². The van der Waals surface area contributed by atoms with Crippen LogP contribution in [0.25, 0.3) is 16.8 Å². The van der Waals surface area contributed by atoms with Crippen molar-refractivity contribution in [3.05, 3.63) is 71.6 Å². The van der Waals surface area contributed by atoms with E-state index in [0.29, 0.717) is 16.8 Å². The maximum Gasteiger partial charge on any atom is 0.357 e. The number of methoxy groups -OCH3 is 1. The summed E-state index contributed by atoms with van der Waals surface area (Å²) < 4.78 is 33.1. The van der Waals surface area contributed by atoms with Crippen molar-refractivity contribution in [1.29, 1.82) is 5.26 Å². The summed E-state index contributed by atoms with van der Waals surface area (Å²) in [4.78, 5) is 12.2. The first-order valence-electron chi connectivity index (χ1n) is 7.52. The number of aromatic nitrogens is 1. The molecule has 0 aliphatic rings. The molecule has 7 heteroatoms. The fraction of sp³-hybridized carbons (Fsp3) is 0.0526. The number of hydrogen-bond donors (Lipinski definition) is 1. The number of nitriles is 1. The minimum Gasteiger partial charge on any atom is -0.464 e. The molecule has 130 valence electrons. The molecule has 0 aliphatic carbocycles. The molecule has 1 aromatic heterocycles. The van der Waals surface area contributed by atoms with Gasteiger partial charge in [-0.2, -0.15) is 5.26 Å². The van der Waals surface area contributed by atoms with Gasteiger partial charge in [0.2, 0.25) is 0 Å². The topological polar surface area (TPSA) is 81.0 Å². The summed E-state index contributed by atoms with van der Waals surface area (Å²) in [6.45, 7) is 0. The number of carbonyl (C=O) groups excluding carboxylic acids is 1. The van der Waals surface area contributed by atoms with Crippen molar-refractivity contribution in [2.24, 2.45) is 0 Å². The first kappa shape index (κ1) is 17.2. The van der Waals surface area contributed by atoms with Crippen molar-refractivity contribution in [3.63, 3.8) is 0 Å². The van der Waals surface area contributed by atoms with Crippen LogP contribution in [-0.2, 0) is 4.74 Å². The van der Waals surface area contributed by atoms with Crippen LogP contribution in [0.3, 0.4) is 0 Å². The maximum absolute atomic E-state index is 13.7. The second-order valence-corrected chi connectivity index (χ2v) is 5.42. The van der Waals surface area contributed by atoms with Crippen molar-refractivity contribution in [3.8, 4) is 22.9 Å². The standard InChI is InChI=1S/C19H13F2N3O2/c1-26-19(25)18-17(23)12(9-22)10-24(18)16-5-3-2-4-13(16)11-6-7-14(20)15(21)8-11/h2-8,10H,23H2,1H3. The van der Waals surface area contributed by atoms with Gasteiger partial charge in [0.05, 0.1) is 24.0 Å². The monoisotopic (exact) mass is 353 g/mol. The predicted octanol–water partition coefficient (Wildman–Crippen LogP) is 3.66. The van der Waals surface area contributed by atoms with Gasteiger partial charge in [-0.1, -0.05) is 24.3 Å². The van der Waals surface area contributed by atoms with Crippen LogP contribution in [0.5, 0.6) is 0 Å². The highest BCUT2D eigenvalue weighted by atomic mass is 19.2. The van der Waals surface area contributed by atoms with Crippen molar-refractivity contribution < 1.29 is 18.3 Å². The zero-order chi connectivity index (χ0) is 18.8. The first-order valence-corrected chi connectivity index (χ1v) is 7.52. The van der Waals surface area contributed by atoms with Crippen molar-refractivity contribution in [2.45, 2.75) is 0 Å². The number of esters is 1. The summed E-state index contributed by atoms with van der Waals surface area (Å²) in [6, 6.07) is 12.2. The van der Waals surface area contributed by atoms with Crippen LogP contribution in [0.2, 0.25) is 0 Å². The Morgan fingerprint density at radius 1 is 1.19 bits per heavy atom. The summed E-state index contributed by atoms with van der Waals surface area (Å²) in [7, 11) is 1.20. The van der Waals surface area contributed by atoms with Gasteiger partial charge < -0.3 is 15.0 Å². The zero-order valence-corrected chi connectivity index (χ0v) is 13.7. The molecule has 0 radical (unpaired) electrons. The molecule has 0 fully saturated rings. The SMILES string of the molecule is COC(=O)c1c(N)c(C#N)cn1-c1ccccc1-c1ccc(F)c(F)c1. The molecule has 0 atom stereocenters. The minimum atomic E-state index is -0.991. The lowest BCUT2D eigenvalue weighted by Gasteiger charge is -2.14. The summed E-state index contributed by atoms with van der Waals surface area (Å²) in [5.74, 6) is -2.67. The van der Waals surface area contributed by atoms with Gasteiger partial charge in [0, 0.05) is 11.8 Å². The number of carbonyl (C=O) groups is 1. The molecule has 26 heavy (non-hydrogen) atoms. The number of nitrogens with zero attached hydrogens (tertiary/aromatic N) is 2. The lowest BCUT2D eigenvalue weighted by Crippen LogP contribution is -2.11. The molecule has 0 saturated carbocycles. The van der Waals surface area contributed by atoms with Gasteiger partial charge in [-0.15, -0.1) is 0 Å². The van der Waals surface area contributed by atoms with E-state index >= 15 is 0 Å². The van der Waals surface area contributed by atoms with Gasteiger partial charge in [0.15, 0.2) is 17.3 Å². The summed E-state index contributed by atoms with van der Waals surface area (Å²) in [6.07, 6.45) is 1.40. The molecule has 3 aromatic rings. The molecule has 0 unspecified atom stereocenters. The van der Waals surface area contributed by atoms with E-state index in [1.54, 1.807) is 24.3 Å². The van der Waals surface area contributed by atoms with E-state index in [1.165, 1.54) is 23.9 Å². The largest absolute Gasteiger partial charge is 0.464 e. The van der Waals surface area contributed by atoms with E-state index in [0.717, 1.165) is 12.1 Å². The molecule has 0 bridgehead atoms.